The summed E-state index contributed by atoms with van der Waals surface area (Å²) in [7, 11) is 5.18. The molecule has 122 valence electrons. The smallest absolute Gasteiger partial charge is 0.263 e. The SMILES string of the molecule is COCCCNC(=O)C1CCc2sc(C(=O)N(C)C)cc2C1. The second-order valence-corrected chi connectivity index (χ2v) is 6.97. The minimum absolute atomic E-state index is 0.0203. The van der Waals surface area contributed by atoms with Crippen molar-refractivity contribution in [1.29, 1.82) is 0 Å². The molecule has 1 unspecified atom stereocenters. The van der Waals surface area contributed by atoms with E-state index in [4.69, 9.17) is 4.74 Å². The maximum atomic E-state index is 12.2. The Balaban J connectivity index is 1.93. The molecule has 1 aromatic rings. The largest absolute Gasteiger partial charge is 0.385 e. The van der Waals surface area contributed by atoms with Gasteiger partial charge in [0, 0.05) is 45.2 Å². The molecule has 0 saturated heterocycles. The molecule has 0 saturated carbocycles. The zero-order valence-corrected chi connectivity index (χ0v) is 14.3. The Morgan fingerprint density at radius 1 is 1.45 bits per heavy atom. The van der Waals surface area contributed by atoms with Crippen LogP contribution in [0.25, 0.3) is 0 Å². The van der Waals surface area contributed by atoms with Crippen molar-refractivity contribution in [3.63, 3.8) is 0 Å². The molecule has 5 nitrogen and oxygen atoms in total. The molecule has 0 radical (unpaired) electrons. The summed E-state index contributed by atoms with van der Waals surface area (Å²) in [6.07, 6.45) is 3.32. The number of hydrogen-bond acceptors (Lipinski definition) is 4. The molecule has 0 bridgehead atoms. The Labute approximate surface area is 135 Å². The first-order chi connectivity index (χ1) is 10.5. The number of amides is 2. The number of aryl methyl sites for hydroxylation is 1. The van der Waals surface area contributed by atoms with Crippen LogP contribution in [-0.2, 0) is 22.4 Å². The summed E-state index contributed by atoms with van der Waals surface area (Å²) in [4.78, 5) is 27.8. The van der Waals surface area contributed by atoms with Crippen molar-refractivity contribution in [2.75, 3.05) is 34.4 Å². The van der Waals surface area contributed by atoms with Gasteiger partial charge >= 0.3 is 0 Å². The number of methoxy groups -OCH3 is 1. The van der Waals surface area contributed by atoms with Crippen LogP contribution in [-0.4, -0.2) is 51.1 Å². The van der Waals surface area contributed by atoms with Crippen molar-refractivity contribution in [3.05, 3.63) is 21.4 Å². The second kappa shape index (κ2) is 7.74. The Morgan fingerprint density at radius 3 is 2.91 bits per heavy atom. The summed E-state index contributed by atoms with van der Waals surface area (Å²) in [5.41, 5.74) is 1.17. The summed E-state index contributed by atoms with van der Waals surface area (Å²) >= 11 is 1.57. The molecule has 1 aliphatic rings. The van der Waals surface area contributed by atoms with Gasteiger partial charge in [0.15, 0.2) is 0 Å². The van der Waals surface area contributed by atoms with Crippen LogP contribution >= 0.6 is 11.3 Å². The highest BCUT2D eigenvalue weighted by Gasteiger charge is 2.27. The zero-order chi connectivity index (χ0) is 16.1. The van der Waals surface area contributed by atoms with Gasteiger partial charge in [-0.15, -0.1) is 11.3 Å². The molecule has 0 spiro atoms. The van der Waals surface area contributed by atoms with Gasteiger partial charge in [-0.2, -0.15) is 0 Å². The van der Waals surface area contributed by atoms with Crippen molar-refractivity contribution in [2.24, 2.45) is 5.92 Å². The van der Waals surface area contributed by atoms with Gasteiger partial charge in [0.1, 0.15) is 0 Å². The number of fused-ring (bicyclic) bond motifs is 1. The number of carbonyl (C=O) groups is 2. The number of nitrogens with one attached hydrogen (secondary N) is 1. The molecule has 0 fully saturated rings. The van der Waals surface area contributed by atoms with E-state index in [-0.39, 0.29) is 17.7 Å². The summed E-state index contributed by atoms with van der Waals surface area (Å²) < 4.78 is 4.97. The third-order valence-corrected chi connectivity index (χ3v) is 5.12. The molecule has 1 N–H and O–H groups in total. The van der Waals surface area contributed by atoms with E-state index in [0.717, 1.165) is 30.6 Å². The van der Waals surface area contributed by atoms with Crippen LogP contribution in [0.4, 0.5) is 0 Å². The second-order valence-electron chi connectivity index (χ2n) is 5.84. The standard InChI is InChI=1S/C16H24N2O3S/c1-18(2)16(20)14-10-12-9-11(5-6-13(12)22-14)15(19)17-7-4-8-21-3/h10-11H,4-9H2,1-3H3,(H,17,19). The van der Waals surface area contributed by atoms with E-state index in [2.05, 4.69) is 5.32 Å². The number of thiophene rings is 1. The summed E-state index contributed by atoms with van der Waals surface area (Å²) in [6, 6.07) is 1.96. The number of carbonyl (C=O) groups excluding carboxylic acids is 2. The maximum absolute atomic E-state index is 12.2. The predicted molar refractivity (Wildman–Crippen MR) is 87.4 cm³/mol. The van der Waals surface area contributed by atoms with Gasteiger partial charge in [-0.3, -0.25) is 9.59 Å². The quantitative estimate of drug-likeness (QED) is 0.811. The molecular weight excluding hydrogens is 300 g/mol. The van der Waals surface area contributed by atoms with E-state index in [9.17, 15) is 9.59 Å². The molecule has 1 aliphatic carbocycles. The highest BCUT2D eigenvalue weighted by molar-refractivity contribution is 7.14. The number of nitrogens with zero attached hydrogens (tertiary/aromatic N) is 1. The Kier molecular flexibility index (Phi) is 5.97. The summed E-state index contributed by atoms with van der Waals surface area (Å²) in [5.74, 6) is 0.181. The lowest BCUT2D eigenvalue weighted by molar-refractivity contribution is -0.125. The minimum atomic E-state index is 0.0203. The topological polar surface area (TPSA) is 58.6 Å². The van der Waals surface area contributed by atoms with E-state index in [0.29, 0.717) is 13.2 Å². The van der Waals surface area contributed by atoms with Gasteiger partial charge in [-0.1, -0.05) is 0 Å². The summed E-state index contributed by atoms with van der Waals surface area (Å²) in [6.45, 7) is 1.32. The van der Waals surface area contributed by atoms with Gasteiger partial charge < -0.3 is 15.0 Å². The fourth-order valence-corrected chi connectivity index (χ4v) is 3.88. The average molecular weight is 324 g/mol. The number of hydrogen-bond donors (Lipinski definition) is 1. The van der Waals surface area contributed by atoms with E-state index < -0.39 is 0 Å². The van der Waals surface area contributed by atoms with Crippen LogP contribution in [0.1, 0.15) is 33.0 Å². The molecular formula is C16H24N2O3S. The molecule has 0 aliphatic heterocycles. The molecule has 2 rings (SSSR count). The maximum Gasteiger partial charge on any atom is 0.263 e. The summed E-state index contributed by atoms with van der Waals surface area (Å²) in [5, 5.41) is 2.98. The van der Waals surface area contributed by atoms with Gasteiger partial charge in [-0.25, -0.2) is 0 Å². The first-order valence-corrected chi connectivity index (χ1v) is 8.44. The van der Waals surface area contributed by atoms with E-state index in [1.54, 1.807) is 37.4 Å². The fraction of sp³-hybridized carbons (Fsp3) is 0.625. The van der Waals surface area contributed by atoms with Crippen molar-refractivity contribution in [1.82, 2.24) is 10.2 Å². The lowest BCUT2D eigenvalue weighted by atomic mass is 9.87. The van der Waals surface area contributed by atoms with Gasteiger partial charge in [0.05, 0.1) is 4.88 Å². The van der Waals surface area contributed by atoms with Crippen LogP contribution < -0.4 is 5.32 Å². The van der Waals surface area contributed by atoms with Gasteiger partial charge in [-0.05, 0) is 37.3 Å². The van der Waals surface area contributed by atoms with Gasteiger partial charge in [0.2, 0.25) is 5.91 Å². The number of ether oxygens (including phenoxy) is 1. The average Bonchev–Trinajstić information content (AvgIpc) is 2.93. The minimum Gasteiger partial charge on any atom is -0.385 e. The normalized spacial score (nSPS) is 17.0. The zero-order valence-electron chi connectivity index (χ0n) is 13.5. The third kappa shape index (κ3) is 4.08. The van der Waals surface area contributed by atoms with Gasteiger partial charge in [0.25, 0.3) is 5.91 Å². The fourth-order valence-electron chi connectivity index (χ4n) is 2.65. The van der Waals surface area contributed by atoms with Crippen LogP contribution in [0, 0.1) is 5.92 Å². The van der Waals surface area contributed by atoms with E-state index in [1.807, 2.05) is 6.07 Å². The monoisotopic (exact) mass is 324 g/mol. The van der Waals surface area contributed by atoms with Crippen molar-refractivity contribution in [3.8, 4) is 0 Å². The molecule has 6 heteroatoms. The van der Waals surface area contributed by atoms with E-state index in [1.165, 1.54) is 10.4 Å². The molecule has 22 heavy (non-hydrogen) atoms. The first-order valence-electron chi connectivity index (χ1n) is 7.62. The lowest BCUT2D eigenvalue weighted by Gasteiger charge is -2.21. The highest BCUT2D eigenvalue weighted by Crippen LogP contribution is 2.32. The van der Waals surface area contributed by atoms with Crippen LogP contribution in [0.3, 0.4) is 0 Å². The Morgan fingerprint density at radius 2 is 2.23 bits per heavy atom. The van der Waals surface area contributed by atoms with Crippen molar-refractivity contribution >= 4 is 23.2 Å². The number of rotatable bonds is 6. The van der Waals surface area contributed by atoms with Crippen LogP contribution in [0.15, 0.2) is 6.07 Å². The third-order valence-electron chi connectivity index (χ3n) is 3.90. The molecule has 1 atom stereocenters. The molecule has 2 amide bonds. The Hall–Kier alpha value is -1.40. The van der Waals surface area contributed by atoms with Crippen molar-refractivity contribution in [2.45, 2.75) is 25.7 Å². The molecule has 1 heterocycles. The van der Waals surface area contributed by atoms with E-state index >= 15 is 0 Å². The lowest BCUT2D eigenvalue weighted by Crippen LogP contribution is -2.34. The molecule has 0 aromatic carbocycles. The van der Waals surface area contributed by atoms with Crippen LogP contribution in [0.2, 0.25) is 0 Å². The first kappa shape index (κ1) is 17.0. The predicted octanol–water partition coefficient (Wildman–Crippen LogP) is 1.71. The van der Waals surface area contributed by atoms with Crippen molar-refractivity contribution < 1.29 is 14.3 Å². The molecule has 1 aromatic heterocycles. The Bertz CT molecular complexity index is 539. The van der Waals surface area contributed by atoms with Crippen LogP contribution in [0.5, 0.6) is 0 Å². The highest BCUT2D eigenvalue weighted by atomic mass is 32.1.